The van der Waals surface area contributed by atoms with Gasteiger partial charge in [0.1, 0.15) is 0 Å². The average molecular weight is 412 g/mol. The second-order valence-electron chi connectivity index (χ2n) is 7.14. The number of nitrogens with zero attached hydrogens (tertiary/aromatic N) is 2. The second kappa shape index (κ2) is 7.90. The highest BCUT2D eigenvalue weighted by atomic mass is 32.2. The molecule has 0 saturated carbocycles. The Hall–Kier alpha value is -2.81. The SMILES string of the molecule is O=C1C(=O)N(C[NH+]2CCN(S(=O)(=O)/C=C/c3ccccc3)CC2)c2ccccc21. The van der Waals surface area contributed by atoms with Gasteiger partial charge in [-0.3, -0.25) is 14.5 Å². The molecule has 2 heterocycles. The lowest BCUT2D eigenvalue weighted by molar-refractivity contribution is -0.902. The van der Waals surface area contributed by atoms with Crippen LogP contribution >= 0.6 is 0 Å². The van der Waals surface area contributed by atoms with E-state index in [9.17, 15) is 18.0 Å². The number of nitrogens with one attached hydrogen (secondary N) is 1. The van der Waals surface area contributed by atoms with Crippen LogP contribution in [0.15, 0.2) is 60.0 Å². The van der Waals surface area contributed by atoms with Gasteiger partial charge in [-0.2, -0.15) is 4.31 Å². The maximum absolute atomic E-state index is 12.6. The van der Waals surface area contributed by atoms with Crippen LogP contribution in [0, 0.1) is 0 Å². The minimum Gasteiger partial charge on any atom is -0.315 e. The number of carbonyl (C=O) groups excluding carboxylic acids is 2. The number of anilines is 1. The highest BCUT2D eigenvalue weighted by Crippen LogP contribution is 2.27. The average Bonchev–Trinajstić information content (AvgIpc) is 2.99. The standard InChI is InChI=1S/C21H21N3O4S/c25-20-18-8-4-5-9-19(18)24(21(20)26)16-22-11-13-23(14-12-22)29(27,28)15-10-17-6-2-1-3-7-17/h1-10,15H,11-14,16H2/p+1/b15-10+. The third-order valence-corrected chi connectivity index (χ3v) is 6.85. The highest BCUT2D eigenvalue weighted by Gasteiger charge is 2.38. The summed E-state index contributed by atoms with van der Waals surface area (Å²) in [6.07, 6.45) is 1.60. The number of sulfonamides is 1. The molecule has 8 heteroatoms. The summed E-state index contributed by atoms with van der Waals surface area (Å²) in [5.41, 5.74) is 1.90. The minimum atomic E-state index is -3.50. The Kier molecular flexibility index (Phi) is 5.31. The number of Topliss-reactive ketones (excluding diaryl/α,β-unsaturated/α-hetero) is 1. The first-order chi connectivity index (χ1) is 14.0. The number of benzene rings is 2. The van der Waals surface area contributed by atoms with Gasteiger partial charge in [-0.25, -0.2) is 8.42 Å². The van der Waals surface area contributed by atoms with Crippen LogP contribution in [0.4, 0.5) is 5.69 Å². The molecule has 2 aromatic carbocycles. The van der Waals surface area contributed by atoms with Crippen LogP contribution in [0.3, 0.4) is 0 Å². The van der Waals surface area contributed by atoms with Crippen molar-refractivity contribution in [1.82, 2.24) is 4.31 Å². The van der Waals surface area contributed by atoms with Gasteiger partial charge in [0.25, 0.3) is 5.78 Å². The predicted molar refractivity (Wildman–Crippen MR) is 110 cm³/mol. The van der Waals surface area contributed by atoms with E-state index in [1.54, 1.807) is 30.3 Å². The smallest absolute Gasteiger partial charge is 0.303 e. The molecule has 1 amide bonds. The van der Waals surface area contributed by atoms with Crippen molar-refractivity contribution in [3.63, 3.8) is 0 Å². The predicted octanol–water partition coefficient (Wildman–Crippen LogP) is 0.375. The molecule has 150 valence electrons. The monoisotopic (exact) mass is 412 g/mol. The maximum Gasteiger partial charge on any atom is 0.303 e. The molecule has 0 aliphatic carbocycles. The van der Waals surface area contributed by atoms with E-state index in [0.717, 1.165) is 10.5 Å². The number of hydrogen-bond donors (Lipinski definition) is 1. The Bertz CT molecular complexity index is 1060. The van der Waals surface area contributed by atoms with Crippen LogP contribution < -0.4 is 9.80 Å². The van der Waals surface area contributed by atoms with Crippen molar-refractivity contribution in [2.45, 2.75) is 0 Å². The number of piperazine rings is 1. The number of quaternary nitrogens is 1. The van der Waals surface area contributed by atoms with Crippen molar-refractivity contribution in [3.8, 4) is 0 Å². The van der Waals surface area contributed by atoms with Gasteiger partial charge in [-0.15, -0.1) is 0 Å². The summed E-state index contributed by atoms with van der Waals surface area (Å²) in [6, 6.07) is 16.3. The molecule has 1 N–H and O–H groups in total. The lowest BCUT2D eigenvalue weighted by Crippen LogP contribution is -3.16. The van der Waals surface area contributed by atoms with E-state index < -0.39 is 21.7 Å². The summed E-state index contributed by atoms with van der Waals surface area (Å²) < 4.78 is 26.6. The summed E-state index contributed by atoms with van der Waals surface area (Å²) in [5.74, 6) is -0.994. The highest BCUT2D eigenvalue weighted by molar-refractivity contribution is 7.92. The van der Waals surface area contributed by atoms with Gasteiger partial charge in [0.05, 0.1) is 37.4 Å². The third kappa shape index (κ3) is 4.00. The first-order valence-corrected chi connectivity index (χ1v) is 11.0. The van der Waals surface area contributed by atoms with Gasteiger partial charge in [-0.1, -0.05) is 42.5 Å². The van der Waals surface area contributed by atoms with Crippen LogP contribution in [0.1, 0.15) is 15.9 Å². The Balaban J connectivity index is 1.38. The fourth-order valence-corrected chi connectivity index (χ4v) is 4.85. The first-order valence-electron chi connectivity index (χ1n) is 9.48. The Morgan fingerprint density at radius 3 is 2.31 bits per heavy atom. The minimum absolute atomic E-state index is 0.356. The number of fused-ring (bicyclic) bond motifs is 1. The van der Waals surface area contributed by atoms with Gasteiger partial charge >= 0.3 is 5.91 Å². The molecular formula is C21H22N3O4S+. The van der Waals surface area contributed by atoms with Gasteiger partial charge in [0, 0.05) is 5.41 Å². The van der Waals surface area contributed by atoms with Crippen molar-refractivity contribution < 1.29 is 22.9 Å². The molecule has 7 nitrogen and oxygen atoms in total. The number of ketones is 1. The van der Waals surface area contributed by atoms with E-state index in [1.165, 1.54) is 14.6 Å². The van der Waals surface area contributed by atoms with Gasteiger partial charge in [0.15, 0.2) is 6.67 Å². The molecule has 1 fully saturated rings. The fourth-order valence-electron chi connectivity index (χ4n) is 3.66. The molecule has 0 aromatic heterocycles. The molecule has 2 aromatic rings. The Morgan fingerprint density at radius 1 is 0.931 bits per heavy atom. The molecule has 0 bridgehead atoms. The van der Waals surface area contributed by atoms with E-state index in [-0.39, 0.29) is 0 Å². The number of hydrogen-bond acceptors (Lipinski definition) is 4. The van der Waals surface area contributed by atoms with E-state index in [0.29, 0.717) is 44.1 Å². The van der Waals surface area contributed by atoms with Crippen LogP contribution in [0.25, 0.3) is 6.08 Å². The number of carbonyl (C=O) groups is 2. The molecule has 1 saturated heterocycles. The largest absolute Gasteiger partial charge is 0.315 e. The quantitative estimate of drug-likeness (QED) is 0.720. The van der Waals surface area contributed by atoms with E-state index in [1.807, 2.05) is 30.3 Å². The van der Waals surface area contributed by atoms with E-state index in [4.69, 9.17) is 0 Å². The molecule has 2 aliphatic heterocycles. The van der Waals surface area contributed by atoms with Crippen molar-refractivity contribution >= 4 is 33.5 Å². The first kappa shape index (κ1) is 19.5. The molecule has 0 spiro atoms. The van der Waals surface area contributed by atoms with Gasteiger partial charge in [0.2, 0.25) is 10.0 Å². The van der Waals surface area contributed by atoms with Crippen molar-refractivity contribution in [1.29, 1.82) is 0 Å². The summed E-state index contributed by atoms with van der Waals surface area (Å²) in [7, 11) is -3.50. The second-order valence-corrected chi connectivity index (χ2v) is 8.96. The zero-order chi connectivity index (χ0) is 20.4. The van der Waals surface area contributed by atoms with Crippen molar-refractivity contribution in [2.24, 2.45) is 0 Å². The van der Waals surface area contributed by atoms with Crippen LogP contribution in [0.5, 0.6) is 0 Å². The topological polar surface area (TPSA) is 79.2 Å². The number of para-hydroxylation sites is 1. The lowest BCUT2D eigenvalue weighted by Gasteiger charge is -2.32. The fraction of sp³-hybridized carbons (Fsp3) is 0.238. The zero-order valence-electron chi connectivity index (χ0n) is 15.8. The Labute approximate surface area is 169 Å². The van der Waals surface area contributed by atoms with Crippen molar-refractivity contribution in [2.75, 3.05) is 37.7 Å². The summed E-state index contributed by atoms with van der Waals surface area (Å²) in [4.78, 5) is 27.0. The van der Waals surface area contributed by atoms with E-state index >= 15 is 0 Å². The van der Waals surface area contributed by atoms with Crippen LogP contribution in [0.2, 0.25) is 0 Å². The molecule has 4 rings (SSSR count). The molecule has 0 radical (unpaired) electrons. The van der Waals surface area contributed by atoms with Crippen LogP contribution in [-0.2, 0) is 14.8 Å². The molecular weight excluding hydrogens is 390 g/mol. The molecule has 0 unspecified atom stereocenters. The molecule has 0 atom stereocenters. The van der Waals surface area contributed by atoms with Gasteiger partial charge in [-0.05, 0) is 23.8 Å². The van der Waals surface area contributed by atoms with Crippen LogP contribution in [-0.4, -0.2) is 57.3 Å². The molecule has 29 heavy (non-hydrogen) atoms. The number of rotatable bonds is 5. The zero-order valence-corrected chi connectivity index (χ0v) is 16.6. The van der Waals surface area contributed by atoms with Crippen molar-refractivity contribution in [3.05, 3.63) is 71.1 Å². The lowest BCUT2D eigenvalue weighted by atomic mass is 10.1. The van der Waals surface area contributed by atoms with E-state index in [2.05, 4.69) is 0 Å². The Morgan fingerprint density at radius 2 is 1.59 bits per heavy atom. The maximum atomic E-state index is 12.6. The summed E-state index contributed by atoms with van der Waals surface area (Å²) in [6.45, 7) is 2.23. The van der Waals surface area contributed by atoms with Gasteiger partial charge < -0.3 is 4.90 Å². The normalized spacial score (nSPS) is 18.6. The summed E-state index contributed by atoms with van der Waals surface area (Å²) >= 11 is 0. The number of amides is 1. The summed E-state index contributed by atoms with van der Waals surface area (Å²) in [5, 5.41) is 1.24. The molecule has 2 aliphatic rings. The third-order valence-electron chi connectivity index (χ3n) is 5.28.